The zero-order valence-corrected chi connectivity index (χ0v) is 25.3. The highest BCUT2D eigenvalue weighted by Gasteiger charge is 2.34. The number of rotatable bonds is 11. The fraction of sp³-hybridized carbons (Fsp3) is 0.333. The van der Waals surface area contributed by atoms with E-state index in [0.717, 1.165) is 4.31 Å². The number of nitrogens with one attached hydrogen (secondary N) is 1. The average molecular weight is 604 g/mol. The van der Waals surface area contributed by atoms with E-state index in [1.54, 1.807) is 6.92 Å². The van der Waals surface area contributed by atoms with Crippen molar-refractivity contribution in [1.29, 1.82) is 0 Å². The molecule has 1 atom stereocenters. The highest BCUT2D eigenvalue weighted by molar-refractivity contribution is 7.92. The fourth-order valence-corrected chi connectivity index (χ4v) is 5.71. The highest BCUT2D eigenvalue weighted by Crippen LogP contribution is 2.27. The quantitative estimate of drug-likeness (QED) is 0.316. The summed E-state index contributed by atoms with van der Waals surface area (Å²) in [7, 11) is -2.77. The first-order valence-corrected chi connectivity index (χ1v) is 14.8. The zero-order chi connectivity index (χ0) is 30.4. The van der Waals surface area contributed by atoms with Crippen LogP contribution in [0.5, 0.6) is 5.75 Å². The lowest BCUT2D eigenvalue weighted by atomic mass is 10.1. The number of halogens is 2. The number of carbonyl (C=O) groups excluding carboxylic acids is 2. The van der Waals surface area contributed by atoms with Crippen LogP contribution in [0.4, 0.5) is 10.1 Å². The summed E-state index contributed by atoms with van der Waals surface area (Å²) in [6, 6.07) is 16.5. The standard InChI is InChI=1S/C30H35ClFN3O5S/c1-6-27(29(37)33-30(2,3)4)34(19-21-7-11-23(32)12-8-21)28(36)20-35(24-13-9-22(31)10-14-24)41(38,39)26-17-15-25(40-5)16-18-26/h7-18,27H,6,19-20H2,1-5H3,(H,33,37). The lowest BCUT2D eigenvalue weighted by Gasteiger charge is -2.34. The summed E-state index contributed by atoms with van der Waals surface area (Å²) in [5, 5.41) is 3.30. The van der Waals surface area contributed by atoms with Crippen molar-refractivity contribution in [3.05, 3.63) is 89.2 Å². The van der Waals surface area contributed by atoms with Crippen LogP contribution in [-0.4, -0.2) is 50.4 Å². The monoisotopic (exact) mass is 603 g/mol. The molecule has 0 aromatic heterocycles. The SMILES string of the molecule is CCC(C(=O)NC(C)(C)C)N(Cc1ccc(F)cc1)C(=O)CN(c1ccc(Cl)cc1)S(=O)(=O)c1ccc(OC)cc1. The van der Waals surface area contributed by atoms with Gasteiger partial charge in [-0.05, 0) is 93.4 Å². The first-order chi connectivity index (χ1) is 19.2. The van der Waals surface area contributed by atoms with Crippen LogP contribution in [0.3, 0.4) is 0 Å². The molecule has 11 heteroatoms. The van der Waals surface area contributed by atoms with Crippen molar-refractivity contribution in [1.82, 2.24) is 10.2 Å². The molecule has 41 heavy (non-hydrogen) atoms. The second-order valence-electron chi connectivity index (χ2n) is 10.5. The topological polar surface area (TPSA) is 96.0 Å². The summed E-state index contributed by atoms with van der Waals surface area (Å²) in [6.45, 7) is 6.61. The molecule has 0 spiro atoms. The predicted molar refractivity (Wildman–Crippen MR) is 158 cm³/mol. The molecule has 0 radical (unpaired) electrons. The van der Waals surface area contributed by atoms with Crippen molar-refractivity contribution in [2.75, 3.05) is 18.0 Å². The molecular weight excluding hydrogens is 569 g/mol. The van der Waals surface area contributed by atoms with Crippen LogP contribution in [0.2, 0.25) is 5.02 Å². The van der Waals surface area contributed by atoms with E-state index in [4.69, 9.17) is 16.3 Å². The smallest absolute Gasteiger partial charge is 0.264 e. The number of methoxy groups -OCH3 is 1. The number of nitrogens with zero attached hydrogens (tertiary/aromatic N) is 2. The Morgan fingerprint density at radius 2 is 1.56 bits per heavy atom. The van der Waals surface area contributed by atoms with Gasteiger partial charge in [-0.3, -0.25) is 13.9 Å². The lowest BCUT2D eigenvalue weighted by Crippen LogP contribution is -2.55. The Bertz CT molecular complexity index is 1440. The van der Waals surface area contributed by atoms with E-state index in [2.05, 4.69) is 5.32 Å². The second kappa shape index (κ2) is 13.4. The van der Waals surface area contributed by atoms with Crippen molar-refractivity contribution in [3.8, 4) is 5.75 Å². The molecule has 0 bridgehead atoms. The van der Waals surface area contributed by atoms with E-state index in [1.807, 2.05) is 20.8 Å². The highest BCUT2D eigenvalue weighted by atomic mass is 35.5. The largest absolute Gasteiger partial charge is 0.497 e. The summed E-state index contributed by atoms with van der Waals surface area (Å²) >= 11 is 6.06. The minimum atomic E-state index is -4.24. The number of carbonyl (C=O) groups is 2. The molecule has 220 valence electrons. The number of anilines is 1. The van der Waals surface area contributed by atoms with Crippen LogP contribution in [0, 0.1) is 5.82 Å². The van der Waals surface area contributed by atoms with Crippen molar-refractivity contribution in [3.63, 3.8) is 0 Å². The van der Waals surface area contributed by atoms with E-state index < -0.39 is 39.9 Å². The van der Waals surface area contributed by atoms with Crippen LogP contribution in [0.25, 0.3) is 0 Å². The molecule has 0 fully saturated rings. The number of ether oxygens (including phenoxy) is 1. The molecule has 1 N–H and O–H groups in total. The molecule has 3 aromatic rings. The number of hydrogen-bond acceptors (Lipinski definition) is 5. The molecular formula is C30H35ClFN3O5S. The van der Waals surface area contributed by atoms with Crippen molar-refractivity contribution < 1.29 is 27.1 Å². The normalized spacial score (nSPS) is 12.4. The molecule has 0 heterocycles. The second-order valence-corrected chi connectivity index (χ2v) is 12.8. The third kappa shape index (κ3) is 8.43. The molecule has 1 unspecified atom stereocenters. The van der Waals surface area contributed by atoms with Crippen molar-refractivity contribution in [2.45, 2.75) is 57.1 Å². The van der Waals surface area contributed by atoms with Crippen molar-refractivity contribution >= 4 is 39.1 Å². The van der Waals surface area contributed by atoms with Gasteiger partial charge >= 0.3 is 0 Å². The summed E-state index contributed by atoms with van der Waals surface area (Å²) in [4.78, 5) is 28.6. The van der Waals surface area contributed by atoms with Gasteiger partial charge in [-0.25, -0.2) is 12.8 Å². The Balaban J connectivity index is 2.06. The van der Waals surface area contributed by atoms with E-state index in [0.29, 0.717) is 16.3 Å². The Morgan fingerprint density at radius 1 is 0.976 bits per heavy atom. The van der Waals surface area contributed by atoms with E-state index in [1.165, 1.54) is 84.8 Å². The number of benzene rings is 3. The van der Waals surface area contributed by atoms with Crippen LogP contribution in [0.15, 0.2) is 77.7 Å². The van der Waals surface area contributed by atoms with E-state index in [-0.39, 0.29) is 29.5 Å². The minimum Gasteiger partial charge on any atom is -0.497 e. The first-order valence-electron chi connectivity index (χ1n) is 13.0. The lowest BCUT2D eigenvalue weighted by molar-refractivity contribution is -0.141. The first kappa shape index (κ1) is 31.9. The average Bonchev–Trinajstić information content (AvgIpc) is 2.92. The van der Waals surface area contributed by atoms with Gasteiger partial charge in [0.15, 0.2) is 0 Å². The van der Waals surface area contributed by atoms with E-state index >= 15 is 0 Å². The Morgan fingerprint density at radius 3 is 2.07 bits per heavy atom. The maximum absolute atomic E-state index is 14.0. The molecule has 0 saturated carbocycles. The number of amides is 2. The zero-order valence-electron chi connectivity index (χ0n) is 23.7. The maximum Gasteiger partial charge on any atom is 0.264 e. The molecule has 3 aromatic carbocycles. The van der Waals surface area contributed by atoms with Crippen LogP contribution in [-0.2, 0) is 26.2 Å². The van der Waals surface area contributed by atoms with Gasteiger partial charge in [-0.2, -0.15) is 0 Å². The van der Waals surface area contributed by atoms with Crippen LogP contribution in [0.1, 0.15) is 39.7 Å². The molecule has 8 nitrogen and oxygen atoms in total. The molecule has 0 saturated heterocycles. The van der Waals surface area contributed by atoms with Gasteiger partial charge in [0.1, 0.15) is 24.2 Å². The molecule has 0 aliphatic heterocycles. The van der Waals surface area contributed by atoms with Crippen LogP contribution >= 0.6 is 11.6 Å². The summed E-state index contributed by atoms with van der Waals surface area (Å²) in [5.41, 5.74) is 0.229. The third-order valence-electron chi connectivity index (χ3n) is 6.19. The molecule has 0 aliphatic carbocycles. The van der Waals surface area contributed by atoms with Gasteiger partial charge < -0.3 is 15.0 Å². The van der Waals surface area contributed by atoms with Gasteiger partial charge in [0.25, 0.3) is 10.0 Å². The van der Waals surface area contributed by atoms with Gasteiger partial charge in [0.2, 0.25) is 11.8 Å². The fourth-order valence-electron chi connectivity index (χ4n) is 4.17. The van der Waals surface area contributed by atoms with Crippen molar-refractivity contribution in [2.24, 2.45) is 0 Å². The summed E-state index contributed by atoms with van der Waals surface area (Å²) < 4.78 is 47.5. The third-order valence-corrected chi connectivity index (χ3v) is 8.23. The van der Waals surface area contributed by atoms with Gasteiger partial charge in [0.05, 0.1) is 17.7 Å². The molecule has 0 aliphatic rings. The van der Waals surface area contributed by atoms with E-state index in [9.17, 15) is 22.4 Å². The number of sulfonamides is 1. The van der Waals surface area contributed by atoms with Gasteiger partial charge in [-0.1, -0.05) is 30.7 Å². The minimum absolute atomic E-state index is 0.0355. The maximum atomic E-state index is 14.0. The van der Waals surface area contributed by atoms with Gasteiger partial charge in [-0.15, -0.1) is 0 Å². The number of hydrogen-bond donors (Lipinski definition) is 1. The predicted octanol–water partition coefficient (Wildman–Crippen LogP) is 5.41. The summed E-state index contributed by atoms with van der Waals surface area (Å²) in [5.74, 6) is -0.966. The Kier molecular flexibility index (Phi) is 10.4. The molecule has 3 rings (SSSR count). The van der Waals surface area contributed by atoms with Crippen LogP contribution < -0.4 is 14.4 Å². The van der Waals surface area contributed by atoms with Gasteiger partial charge in [0, 0.05) is 17.1 Å². The Hall–Kier alpha value is -3.63. The summed E-state index contributed by atoms with van der Waals surface area (Å²) in [6.07, 6.45) is 0.265. The molecule has 2 amide bonds. The Labute approximate surface area is 246 Å².